The van der Waals surface area contributed by atoms with Gasteiger partial charge in [0.25, 0.3) is 0 Å². The minimum Gasteiger partial charge on any atom is -0.486 e. The lowest BCUT2D eigenvalue weighted by molar-refractivity contribution is -0.144. The van der Waals surface area contributed by atoms with Crippen LogP contribution in [0.15, 0.2) is 18.2 Å². The van der Waals surface area contributed by atoms with Crippen molar-refractivity contribution in [3.05, 3.63) is 28.8 Å². The molecule has 0 saturated carbocycles. The number of ether oxygens (including phenoxy) is 2. The molecule has 108 valence electrons. The molecular weight excluding hydrogens is 276 g/mol. The number of ketones is 1. The molecule has 2 aliphatic heterocycles. The number of hydrogen-bond donors (Lipinski definition) is 0. The molecule has 3 rings (SSSR count). The van der Waals surface area contributed by atoms with E-state index in [4.69, 9.17) is 21.1 Å². The van der Waals surface area contributed by atoms with Gasteiger partial charge >= 0.3 is 0 Å². The number of Topliss-reactive ketones (excluding diaryl/α,β-unsaturated/α-hetero) is 1. The monoisotopic (exact) mass is 294 g/mol. The first kappa shape index (κ1) is 13.9. The van der Waals surface area contributed by atoms with Crippen LogP contribution in [-0.4, -0.2) is 23.6 Å². The maximum absolute atomic E-state index is 12.4. The molecule has 0 aliphatic carbocycles. The fourth-order valence-electron chi connectivity index (χ4n) is 3.24. The van der Waals surface area contributed by atoms with Crippen LogP contribution in [0, 0.1) is 0 Å². The van der Waals surface area contributed by atoms with Crippen molar-refractivity contribution in [3.63, 3.8) is 0 Å². The molecule has 20 heavy (non-hydrogen) atoms. The van der Waals surface area contributed by atoms with Gasteiger partial charge in [-0.25, -0.2) is 0 Å². The third kappa shape index (κ3) is 2.33. The van der Waals surface area contributed by atoms with Gasteiger partial charge in [0.1, 0.15) is 11.4 Å². The summed E-state index contributed by atoms with van der Waals surface area (Å²) in [5.74, 6) is 0.778. The fourth-order valence-corrected chi connectivity index (χ4v) is 3.41. The van der Waals surface area contributed by atoms with Crippen molar-refractivity contribution in [1.82, 2.24) is 0 Å². The molecule has 0 radical (unpaired) electrons. The molecule has 0 amide bonds. The Bertz CT molecular complexity index is 557. The first-order valence-electron chi connectivity index (χ1n) is 7.11. The van der Waals surface area contributed by atoms with Gasteiger partial charge in [-0.1, -0.05) is 18.5 Å². The predicted octanol–water partition coefficient (Wildman–Crippen LogP) is 4.02. The summed E-state index contributed by atoms with van der Waals surface area (Å²) in [6.45, 7) is 4.84. The summed E-state index contributed by atoms with van der Waals surface area (Å²) < 4.78 is 12.1. The van der Waals surface area contributed by atoms with E-state index < -0.39 is 5.60 Å². The Labute approximate surface area is 124 Å². The van der Waals surface area contributed by atoms with E-state index in [1.807, 2.05) is 0 Å². The smallest absolute Gasteiger partial charge is 0.170 e. The van der Waals surface area contributed by atoms with E-state index in [0.29, 0.717) is 29.4 Å². The highest BCUT2D eigenvalue weighted by molar-refractivity contribution is 6.31. The summed E-state index contributed by atoms with van der Waals surface area (Å²) in [7, 11) is 0. The van der Waals surface area contributed by atoms with Gasteiger partial charge in [-0.05, 0) is 31.5 Å². The van der Waals surface area contributed by atoms with Gasteiger partial charge in [0.15, 0.2) is 5.78 Å². The first-order chi connectivity index (χ1) is 9.45. The van der Waals surface area contributed by atoms with Crippen LogP contribution in [0.5, 0.6) is 5.75 Å². The maximum Gasteiger partial charge on any atom is 0.170 e. The Balaban J connectivity index is 1.94. The minimum absolute atomic E-state index is 0.120. The van der Waals surface area contributed by atoms with Crippen LogP contribution in [0.1, 0.15) is 49.9 Å². The highest BCUT2D eigenvalue weighted by Crippen LogP contribution is 2.44. The summed E-state index contributed by atoms with van der Waals surface area (Å²) >= 11 is 5.96. The zero-order valence-corrected chi connectivity index (χ0v) is 12.6. The average Bonchev–Trinajstić information content (AvgIpc) is 2.40. The fraction of sp³-hybridized carbons (Fsp3) is 0.562. The first-order valence-corrected chi connectivity index (χ1v) is 7.49. The highest BCUT2D eigenvalue weighted by atomic mass is 35.5. The quantitative estimate of drug-likeness (QED) is 0.784. The summed E-state index contributed by atoms with van der Waals surface area (Å²) in [4.78, 5) is 12.4. The SMILES string of the molecule is CCC1(C)CC2(CCO1)CC(=O)c1cc(Cl)ccc1O2. The standard InChI is InChI=1S/C16H19ClO3/c1-3-15(2)10-16(6-7-19-15)9-13(18)12-8-11(17)4-5-14(12)20-16/h4-5,8H,3,6-7,9-10H2,1-2H3. The van der Waals surface area contributed by atoms with Gasteiger partial charge in [0, 0.05) is 17.9 Å². The number of carbonyl (C=O) groups is 1. The summed E-state index contributed by atoms with van der Waals surface area (Å²) in [5.41, 5.74) is -0.0172. The van der Waals surface area contributed by atoms with Crippen molar-refractivity contribution < 1.29 is 14.3 Å². The molecule has 0 aromatic heterocycles. The number of fused-ring (bicyclic) bond motifs is 1. The lowest BCUT2D eigenvalue weighted by atomic mass is 9.76. The molecule has 1 saturated heterocycles. The van der Waals surface area contributed by atoms with Crippen LogP contribution in [-0.2, 0) is 4.74 Å². The Morgan fingerprint density at radius 2 is 2.20 bits per heavy atom. The van der Waals surface area contributed by atoms with E-state index >= 15 is 0 Å². The number of halogens is 1. The summed E-state index contributed by atoms with van der Waals surface area (Å²) in [5, 5.41) is 0.571. The number of benzene rings is 1. The lowest BCUT2D eigenvalue weighted by Gasteiger charge is -2.47. The molecule has 1 aromatic carbocycles. The van der Waals surface area contributed by atoms with Gasteiger partial charge in [-0.15, -0.1) is 0 Å². The van der Waals surface area contributed by atoms with E-state index in [1.165, 1.54) is 0 Å². The zero-order chi connectivity index (χ0) is 14.4. The highest BCUT2D eigenvalue weighted by Gasteiger charge is 2.48. The number of rotatable bonds is 1. The summed E-state index contributed by atoms with van der Waals surface area (Å²) in [6, 6.07) is 5.27. The van der Waals surface area contributed by atoms with Crippen LogP contribution < -0.4 is 4.74 Å². The third-order valence-electron chi connectivity index (χ3n) is 4.50. The van der Waals surface area contributed by atoms with Crippen LogP contribution in [0.3, 0.4) is 0 Å². The second-order valence-corrected chi connectivity index (χ2v) is 6.54. The third-order valence-corrected chi connectivity index (χ3v) is 4.74. The molecule has 4 heteroatoms. The normalized spacial score (nSPS) is 32.9. The Kier molecular flexibility index (Phi) is 3.30. The van der Waals surface area contributed by atoms with Crippen LogP contribution in [0.4, 0.5) is 0 Å². The molecule has 2 unspecified atom stereocenters. The molecule has 1 spiro atoms. The summed E-state index contributed by atoms with van der Waals surface area (Å²) in [6.07, 6.45) is 2.85. The second kappa shape index (κ2) is 4.74. The van der Waals surface area contributed by atoms with E-state index in [-0.39, 0.29) is 11.4 Å². The van der Waals surface area contributed by atoms with Crippen molar-refractivity contribution in [2.75, 3.05) is 6.61 Å². The maximum atomic E-state index is 12.4. The molecule has 2 aliphatic rings. The van der Waals surface area contributed by atoms with Crippen LogP contribution in [0.2, 0.25) is 5.02 Å². The molecule has 3 nitrogen and oxygen atoms in total. The average molecular weight is 295 g/mol. The van der Waals surface area contributed by atoms with E-state index in [9.17, 15) is 4.79 Å². The lowest BCUT2D eigenvalue weighted by Crippen LogP contribution is -2.53. The largest absolute Gasteiger partial charge is 0.486 e. The van der Waals surface area contributed by atoms with E-state index in [1.54, 1.807) is 18.2 Å². The van der Waals surface area contributed by atoms with Crippen molar-refractivity contribution in [2.24, 2.45) is 0 Å². The minimum atomic E-state index is -0.416. The van der Waals surface area contributed by atoms with Gasteiger partial charge in [-0.2, -0.15) is 0 Å². The molecule has 0 bridgehead atoms. The van der Waals surface area contributed by atoms with E-state index in [2.05, 4.69) is 13.8 Å². The van der Waals surface area contributed by atoms with Crippen molar-refractivity contribution in [2.45, 2.75) is 50.7 Å². The Hall–Kier alpha value is -1.06. The Morgan fingerprint density at radius 3 is 2.95 bits per heavy atom. The molecule has 0 N–H and O–H groups in total. The predicted molar refractivity (Wildman–Crippen MR) is 77.6 cm³/mol. The van der Waals surface area contributed by atoms with Gasteiger partial charge in [-0.3, -0.25) is 4.79 Å². The van der Waals surface area contributed by atoms with Crippen LogP contribution in [0.25, 0.3) is 0 Å². The zero-order valence-electron chi connectivity index (χ0n) is 11.9. The molecular formula is C16H19ClO3. The molecule has 2 heterocycles. The Morgan fingerprint density at radius 1 is 1.40 bits per heavy atom. The van der Waals surface area contributed by atoms with Crippen LogP contribution >= 0.6 is 11.6 Å². The van der Waals surface area contributed by atoms with Gasteiger partial charge < -0.3 is 9.47 Å². The van der Waals surface area contributed by atoms with Crippen molar-refractivity contribution in [1.29, 1.82) is 0 Å². The number of carbonyl (C=O) groups excluding carboxylic acids is 1. The molecule has 1 aromatic rings. The number of hydrogen-bond acceptors (Lipinski definition) is 3. The van der Waals surface area contributed by atoms with Crippen molar-refractivity contribution >= 4 is 17.4 Å². The molecule has 2 atom stereocenters. The molecule has 1 fully saturated rings. The van der Waals surface area contributed by atoms with Gasteiger partial charge in [0.05, 0.1) is 24.2 Å². The van der Waals surface area contributed by atoms with Crippen molar-refractivity contribution in [3.8, 4) is 5.75 Å². The van der Waals surface area contributed by atoms with E-state index in [0.717, 1.165) is 19.3 Å². The topological polar surface area (TPSA) is 35.5 Å². The second-order valence-electron chi connectivity index (χ2n) is 6.10. The van der Waals surface area contributed by atoms with Gasteiger partial charge in [0.2, 0.25) is 0 Å².